The minimum Gasteiger partial charge on any atom is -0.308 e. The third kappa shape index (κ3) is 12.5. The van der Waals surface area contributed by atoms with Crippen LogP contribution >= 0.6 is 0 Å². The van der Waals surface area contributed by atoms with Crippen molar-refractivity contribution in [1.82, 2.24) is 39.0 Å². The molecule has 0 atom stereocenters. The van der Waals surface area contributed by atoms with E-state index in [0.29, 0.717) is 0 Å². The lowest BCUT2D eigenvalue weighted by Gasteiger charge is -2.13. The summed E-state index contributed by atoms with van der Waals surface area (Å²) in [5, 5.41) is 6.99. The molecule has 8 heterocycles. The van der Waals surface area contributed by atoms with Crippen molar-refractivity contribution in [3.8, 4) is 124 Å². The van der Waals surface area contributed by atoms with E-state index in [2.05, 4.69) is 347 Å². The minimum atomic E-state index is 0. The van der Waals surface area contributed by atoms with Gasteiger partial charge >= 0.3 is 0 Å². The van der Waals surface area contributed by atoms with Crippen LogP contribution in [0, 0.1) is 0 Å². The Hall–Kier alpha value is -14.3. The van der Waals surface area contributed by atoms with Crippen LogP contribution in [-0.4, -0.2) is 39.0 Å². The first kappa shape index (κ1) is 66.9. The highest BCUT2D eigenvalue weighted by Gasteiger charge is 2.23. The number of nitrogens with zero attached hydrogens (tertiary/aromatic N) is 8. The second-order valence-electron chi connectivity index (χ2n) is 26.5. The average molecular weight is 1390 g/mol. The first-order valence-electron chi connectivity index (χ1n) is 35.7. The van der Waals surface area contributed by atoms with Gasteiger partial charge in [0.1, 0.15) is 0 Å². The Morgan fingerprint density at radius 1 is 0.194 bits per heavy atom. The lowest BCUT2D eigenvalue weighted by molar-refractivity contribution is 1.18. The van der Waals surface area contributed by atoms with Crippen molar-refractivity contribution >= 4 is 65.4 Å². The highest BCUT2D eigenvalue weighted by atomic mass is 15.0. The van der Waals surface area contributed by atoms with E-state index < -0.39 is 0 Å². The molecule has 0 aliphatic heterocycles. The number of hydrogen-bond acceptors (Lipinski definition) is 6. The van der Waals surface area contributed by atoms with Gasteiger partial charge in [0.25, 0.3) is 0 Å². The molecule has 0 N–H and O–H groups in total. The maximum Gasteiger partial charge on any atom is 0.0900 e. The van der Waals surface area contributed by atoms with Gasteiger partial charge in [0.15, 0.2) is 0 Å². The van der Waals surface area contributed by atoms with Crippen LogP contribution in [0.4, 0.5) is 0 Å². The monoisotopic (exact) mass is 1380 g/mol. The molecule has 8 aromatic heterocycles. The average Bonchev–Trinajstić information content (AvgIpc) is 1.56. The van der Waals surface area contributed by atoms with Gasteiger partial charge in [-0.2, -0.15) is 0 Å². The molecular formula is C100H72N8. The van der Waals surface area contributed by atoms with Gasteiger partial charge in [0, 0.05) is 78.3 Å². The fraction of sp³-hybridized carbons (Fsp3) is 0.0200. The number of para-hydroxylation sites is 4. The van der Waals surface area contributed by atoms with Gasteiger partial charge in [0.05, 0.1) is 78.7 Å². The molecular weight excluding hydrogens is 1310 g/mol. The summed E-state index contributed by atoms with van der Waals surface area (Å²) in [6.07, 6.45) is 3.60. The maximum absolute atomic E-state index is 5.24. The molecule has 0 radical (unpaired) electrons. The van der Waals surface area contributed by atoms with E-state index in [1.165, 1.54) is 43.7 Å². The molecule has 108 heavy (non-hydrogen) atoms. The van der Waals surface area contributed by atoms with Gasteiger partial charge in [0.2, 0.25) is 0 Å². The second kappa shape index (κ2) is 29.1. The number of fused-ring (bicyclic) bond motifs is 10. The van der Waals surface area contributed by atoms with Crippen LogP contribution < -0.4 is 0 Å². The largest absolute Gasteiger partial charge is 0.308 e. The van der Waals surface area contributed by atoms with Crippen molar-refractivity contribution in [1.29, 1.82) is 0 Å². The summed E-state index contributed by atoms with van der Waals surface area (Å²) in [7, 11) is 0. The third-order valence-electron chi connectivity index (χ3n) is 20.1. The van der Waals surface area contributed by atoms with Gasteiger partial charge < -0.3 is 9.13 Å². The Labute approximate surface area is 627 Å². The summed E-state index contributed by atoms with van der Waals surface area (Å²) in [6, 6.07) is 132. The standard InChI is InChI=1S/C50H33N3.C48H31N5.2CH4/c1-4-14-37(15-5-1)45-32-40(33-46(51-45)38-16-6-2-7-17-38)36-26-24-34(25-27-36)35-28-30-41(31-29-35)53-47-23-13-11-21-43(47)48-49(39-18-8-3-9-19-39)52-44-22-12-10-20-42(44)50(48)53;1-2-12-35(13-3-1)47-46-39-15-5-7-19-45(39)53(48(46)38-14-4-6-16-40(38)52-47)37-26-24-33(25-27-37)32-20-22-34(23-21-32)36-30-43(41-17-8-10-28-49-41)51-44(31-36)42-18-9-11-29-50-42;;/h1-33H;1-31H;2*1H4. The fourth-order valence-electron chi connectivity index (χ4n) is 15.0. The van der Waals surface area contributed by atoms with Crippen LogP contribution in [0.1, 0.15) is 14.9 Å². The molecule has 0 bridgehead atoms. The first-order chi connectivity index (χ1) is 52.6. The van der Waals surface area contributed by atoms with E-state index in [9.17, 15) is 0 Å². The summed E-state index contributed by atoms with van der Waals surface area (Å²) >= 11 is 0. The summed E-state index contributed by atoms with van der Waals surface area (Å²) in [6.45, 7) is 0. The third-order valence-corrected chi connectivity index (χ3v) is 20.1. The van der Waals surface area contributed by atoms with Gasteiger partial charge in [-0.15, -0.1) is 0 Å². The predicted octanol–water partition coefficient (Wildman–Crippen LogP) is 26.2. The maximum atomic E-state index is 5.24. The summed E-state index contributed by atoms with van der Waals surface area (Å²) in [4.78, 5) is 29.6. The fourth-order valence-corrected chi connectivity index (χ4v) is 15.0. The number of pyridine rings is 6. The second-order valence-corrected chi connectivity index (χ2v) is 26.5. The molecule has 512 valence electrons. The Morgan fingerprint density at radius 3 is 0.843 bits per heavy atom. The van der Waals surface area contributed by atoms with Crippen LogP contribution in [-0.2, 0) is 0 Å². The van der Waals surface area contributed by atoms with Crippen LogP contribution in [0.3, 0.4) is 0 Å². The minimum absolute atomic E-state index is 0. The predicted molar refractivity (Wildman–Crippen MR) is 451 cm³/mol. The molecule has 0 saturated heterocycles. The van der Waals surface area contributed by atoms with Gasteiger partial charge in [-0.3, -0.25) is 9.97 Å². The molecule has 20 aromatic rings. The molecule has 0 aliphatic rings. The first-order valence-corrected chi connectivity index (χ1v) is 35.7. The topological polar surface area (TPSA) is 87.2 Å². The quantitative estimate of drug-likeness (QED) is 0.121. The zero-order chi connectivity index (χ0) is 70.3. The molecule has 0 fully saturated rings. The van der Waals surface area contributed by atoms with E-state index >= 15 is 0 Å². The SMILES string of the molecule is C.C.c1ccc(-c2cc(-c3ccc(-c4ccc(-n5c6ccccc6c6c(-c7ccccc7)nc7ccccc7c65)cc4)cc3)cc(-c3ccccc3)n2)cc1.c1ccc(-c2nc3ccccc3c3c2c2ccccc2n3-c2ccc(-c3ccc(-c4cc(-c5ccccn5)nc(-c5ccccn5)c4)cc3)cc2)cc1. The highest BCUT2D eigenvalue weighted by molar-refractivity contribution is 6.24. The molecule has 0 unspecified atom stereocenters. The van der Waals surface area contributed by atoms with Crippen molar-refractivity contribution < 1.29 is 0 Å². The van der Waals surface area contributed by atoms with E-state index in [1.807, 2.05) is 48.5 Å². The number of benzene rings is 12. The Bertz CT molecular complexity index is 6090. The molecule has 8 heteroatoms. The zero-order valence-electron chi connectivity index (χ0n) is 57.5. The van der Waals surface area contributed by atoms with E-state index in [0.717, 1.165) is 145 Å². The lowest BCUT2D eigenvalue weighted by atomic mass is 9.97. The van der Waals surface area contributed by atoms with Crippen LogP contribution in [0.5, 0.6) is 0 Å². The molecule has 8 nitrogen and oxygen atoms in total. The van der Waals surface area contributed by atoms with Crippen molar-refractivity contribution in [3.05, 3.63) is 389 Å². The van der Waals surface area contributed by atoms with Crippen LogP contribution in [0.15, 0.2) is 389 Å². The number of rotatable bonds is 12. The summed E-state index contributed by atoms with van der Waals surface area (Å²) in [5.41, 5.74) is 29.6. The van der Waals surface area contributed by atoms with Crippen LogP contribution in [0.25, 0.3) is 189 Å². The normalized spacial score (nSPS) is 11.2. The van der Waals surface area contributed by atoms with E-state index in [1.54, 1.807) is 12.4 Å². The molecule has 0 amide bonds. The van der Waals surface area contributed by atoms with Crippen molar-refractivity contribution in [2.45, 2.75) is 14.9 Å². The summed E-state index contributed by atoms with van der Waals surface area (Å²) in [5.74, 6) is 0. The molecule has 0 saturated carbocycles. The van der Waals surface area contributed by atoms with Crippen LogP contribution in [0.2, 0.25) is 0 Å². The van der Waals surface area contributed by atoms with Gasteiger partial charge in [-0.25, -0.2) is 19.9 Å². The van der Waals surface area contributed by atoms with Crippen molar-refractivity contribution in [2.24, 2.45) is 0 Å². The Kier molecular flexibility index (Phi) is 18.0. The van der Waals surface area contributed by atoms with Crippen molar-refractivity contribution in [3.63, 3.8) is 0 Å². The van der Waals surface area contributed by atoms with Gasteiger partial charge in [-0.05, 0) is 142 Å². The van der Waals surface area contributed by atoms with E-state index in [-0.39, 0.29) is 14.9 Å². The molecule has 20 rings (SSSR count). The number of hydrogen-bond donors (Lipinski definition) is 0. The zero-order valence-corrected chi connectivity index (χ0v) is 57.5. The lowest BCUT2D eigenvalue weighted by Crippen LogP contribution is -1.96. The van der Waals surface area contributed by atoms with Crippen molar-refractivity contribution in [2.75, 3.05) is 0 Å². The number of aromatic nitrogens is 8. The molecule has 0 spiro atoms. The Balaban J connectivity index is 0.000000155. The summed E-state index contributed by atoms with van der Waals surface area (Å²) < 4.78 is 4.81. The van der Waals surface area contributed by atoms with Gasteiger partial charge in [-0.1, -0.05) is 294 Å². The highest BCUT2D eigenvalue weighted by Crippen LogP contribution is 2.44. The molecule has 0 aliphatic carbocycles. The van der Waals surface area contributed by atoms with E-state index in [4.69, 9.17) is 19.9 Å². The molecule has 12 aromatic carbocycles. The smallest absolute Gasteiger partial charge is 0.0900 e. The Morgan fingerprint density at radius 2 is 0.481 bits per heavy atom.